The Bertz CT molecular complexity index is 1420. The van der Waals surface area contributed by atoms with E-state index in [1.54, 1.807) is 43.3 Å². The third-order valence-corrected chi connectivity index (χ3v) is 6.25. The molecule has 1 amide bonds. The summed E-state index contributed by atoms with van der Waals surface area (Å²) >= 11 is 13.3. The number of hydrogen-bond donors (Lipinski definition) is 1. The molecule has 0 aliphatic rings. The van der Waals surface area contributed by atoms with Gasteiger partial charge in [0, 0.05) is 10.6 Å². The summed E-state index contributed by atoms with van der Waals surface area (Å²) in [5.41, 5.74) is 4.79. The third-order valence-electron chi connectivity index (χ3n) is 4.76. The van der Waals surface area contributed by atoms with Crippen LogP contribution in [0.3, 0.4) is 0 Å². The number of rotatable bonds is 6. The van der Waals surface area contributed by atoms with Crippen LogP contribution in [0.1, 0.15) is 12.5 Å². The van der Waals surface area contributed by atoms with Crippen molar-refractivity contribution in [3.63, 3.8) is 0 Å². The summed E-state index contributed by atoms with van der Waals surface area (Å²) in [5.74, 6) is -0.325. The second-order valence-corrected chi connectivity index (χ2v) is 8.82. The SMILES string of the molecule is C/C(=N/NC(=O)CSc1nc2ccccc2c(=O)n1-c1ccccc1)c1ccc(Cl)cc1Cl. The molecule has 1 N–H and O–H groups in total. The van der Waals surface area contributed by atoms with E-state index in [2.05, 4.69) is 15.5 Å². The van der Waals surface area contributed by atoms with Crippen molar-refractivity contribution in [3.05, 3.63) is 98.8 Å². The monoisotopic (exact) mass is 496 g/mol. The molecule has 1 heterocycles. The Morgan fingerprint density at radius 3 is 2.55 bits per heavy atom. The van der Waals surface area contributed by atoms with E-state index >= 15 is 0 Å². The number of thioether (sulfide) groups is 1. The van der Waals surface area contributed by atoms with Crippen LogP contribution in [0.4, 0.5) is 0 Å². The number of carbonyl (C=O) groups is 1. The fraction of sp³-hybridized carbons (Fsp3) is 0.0833. The number of nitrogens with one attached hydrogen (secondary N) is 1. The van der Waals surface area contributed by atoms with Gasteiger partial charge in [-0.1, -0.05) is 71.4 Å². The number of fused-ring (bicyclic) bond motifs is 1. The van der Waals surface area contributed by atoms with E-state index in [1.165, 1.54) is 4.57 Å². The minimum atomic E-state index is -0.341. The summed E-state index contributed by atoms with van der Waals surface area (Å²) in [7, 11) is 0. The fourth-order valence-corrected chi connectivity index (χ4v) is 4.52. The van der Waals surface area contributed by atoms with Crippen LogP contribution in [0.5, 0.6) is 0 Å². The Morgan fingerprint density at radius 1 is 1.06 bits per heavy atom. The third kappa shape index (κ3) is 5.27. The molecule has 0 bridgehead atoms. The zero-order valence-electron chi connectivity index (χ0n) is 17.5. The summed E-state index contributed by atoms with van der Waals surface area (Å²) in [6.45, 7) is 1.74. The molecular weight excluding hydrogens is 479 g/mol. The van der Waals surface area contributed by atoms with Gasteiger partial charge in [-0.2, -0.15) is 5.10 Å². The maximum Gasteiger partial charge on any atom is 0.266 e. The summed E-state index contributed by atoms with van der Waals surface area (Å²) in [6, 6.07) is 21.4. The highest BCUT2D eigenvalue weighted by Gasteiger charge is 2.15. The molecule has 4 aromatic rings. The first kappa shape index (κ1) is 23.0. The molecule has 0 saturated carbocycles. The Labute approximate surface area is 204 Å². The van der Waals surface area contributed by atoms with Crippen LogP contribution in [0.2, 0.25) is 10.0 Å². The van der Waals surface area contributed by atoms with Crippen LogP contribution >= 0.6 is 35.0 Å². The number of benzene rings is 3. The van der Waals surface area contributed by atoms with Crippen molar-refractivity contribution in [3.8, 4) is 5.69 Å². The number of nitrogens with zero attached hydrogens (tertiary/aromatic N) is 3. The van der Waals surface area contributed by atoms with Crippen LogP contribution < -0.4 is 11.0 Å². The second-order valence-electron chi connectivity index (χ2n) is 7.03. The van der Waals surface area contributed by atoms with Crippen LogP contribution in [-0.2, 0) is 4.79 Å². The van der Waals surface area contributed by atoms with Gasteiger partial charge in [-0.05, 0) is 43.3 Å². The Hall–Kier alpha value is -3.13. The van der Waals surface area contributed by atoms with Crippen LogP contribution in [0.25, 0.3) is 16.6 Å². The highest BCUT2D eigenvalue weighted by molar-refractivity contribution is 7.99. The summed E-state index contributed by atoms with van der Waals surface area (Å²) < 4.78 is 1.52. The zero-order chi connectivity index (χ0) is 23.4. The molecule has 0 atom stereocenters. The number of para-hydroxylation sites is 2. The van der Waals surface area contributed by atoms with Gasteiger partial charge in [0.2, 0.25) is 0 Å². The van der Waals surface area contributed by atoms with Crippen LogP contribution in [-0.4, -0.2) is 26.9 Å². The van der Waals surface area contributed by atoms with Gasteiger partial charge >= 0.3 is 0 Å². The topological polar surface area (TPSA) is 76.3 Å². The minimum absolute atomic E-state index is 0.0166. The van der Waals surface area contributed by atoms with Crippen molar-refractivity contribution in [2.24, 2.45) is 5.10 Å². The van der Waals surface area contributed by atoms with Gasteiger partial charge in [0.1, 0.15) is 0 Å². The molecule has 0 aliphatic heterocycles. The van der Waals surface area contributed by atoms with Crippen molar-refractivity contribution < 1.29 is 4.79 Å². The number of hydrazone groups is 1. The lowest BCUT2D eigenvalue weighted by molar-refractivity contribution is -0.118. The zero-order valence-corrected chi connectivity index (χ0v) is 19.8. The minimum Gasteiger partial charge on any atom is -0.272 e. The molecule has 33 heavy (non-hydrogen) atoms. The van der Waals surface area contributed by atoms with E-state index < -0.39 is 0 Å². The lowest BCUT2D eigenvalue weighted by Crippen LogP contribution is -2.24. The largest absolute Gasteiger partial charge is 0.272 e. The highest BCUT2D eigenvalue weighted by atomic mass is 35.5. The van der Waals surface area contributed by atoms with Gasteiger partial charge in [-0.15, -0.1) is 0 Å². The highest BCUT2D eigenvalue weighted by Crippen LogP contribution is 2.22. The normalized spacial score (nSPS) is 11.5. The standard InChI is InChI=1S/C24H18Cl2N4O2S/c1-15(18-12-11-16(25)13-20(18)26)28-29-22(31)14-33-24-27-21-10-6-5-9-19(21)23(32)30(24)17-7-3-2-4-8-17/h2-13H,14H2,1H3,(H,29,31)/b28-15-. The number of halogens is 2. The van der Waals surface area contributed by atoms with Crippen molar-refractivity contribution >= 4 is 57.5 Å². The fourth-order valence-electron chi connectivity index (χ4n) is 3.17. The lowest BCUT2D eigenvalue weighted by atomic mass is 10.1. The molecule has 1 aromatic heterocycles. The molecule has 0 fully saturated rings. The molecule has 6 nitrogen and oxygen atoms in total. The smallest absolute Gasteiger partial charge is 0.266 e. The Balaban J connectivity index is 1.56. The van der Waals surface area contributed by atoms with E-state index in [0.29, 0.717) is 43.1 Å². The van der Waals surface area contributed by atoms with Gasteiger partial charge in [0.15, 0.2) is 5.16 Å². The van der Waals surface area contributed by atoms with Gasteiger partial charge in [-0.25, -0.2) is 10.4 Å². The maximum absolute atomic E-state index is 13.2. The van der Waals surface area contributed by atoms with Crippen molar-refractivity contribution in [2.45, 2.75) is 12.1 Å². The summed E-state index contributed by atoms with van der Waals surface area (Å²) in [5, 5.41) is 6.02. The Morgan fingerprint density at radius 2 is 1.79 bits per heavy atom. The van der Waals surface area contributed by atoms with Gasteiger partial charge in [0.05, 0.1) is 33.1 Å². The van der Waals surface area contributed by atoms with Crippen LogP contribution in [0.15, 0.2) is 87.8 Å². The molecule has 9 heteroatoms. The van der Waals surface area contributed by atoms with Crippen LogP contribution in [0, 0.1) is 0 Å². The molecular formula is C24H18Cl2N4O2S. The molecule has 0 spiro atoms. The molecule has 3 aromatic carbocycles. The van der Waals surface area contributed by atoms with Gasteiger partial charge in [0.25, 0.3) is 11.5 Å². The number of carbonyl (C=O) groups excluding carboxylic acids is 1. The number of aromatic nitrogens is 2. The first-order chi connectivity index (χ1) is 15.9. The molecule has 0 unspecified atom stereocenters. The quantitative estimate of drug-likeness (QED) is 0.169. The van der Waals surface area contributed by atoms with E-state index in [-0.39, 0.29) is 17.2 Å². The number of hydrogen-bond acceptors (Lipinski definition) is 5. The van der Waals surface area contributed by atoms with Gasteiger partial charge in [-0.3, -0.25) is 14.2 Å². The molecule has 166 valence electrons. The predicted molar refractivity (Wildman–Crippen MR) is 135 cm³/mol. The predicted octanol–water partition coefficient (Wildman–Crippen LogP) is 5.33. The average Bonchev–Trinajstić information content (AvgIpc) is 2.82. The van der Waals surface area contributed by atoms with E-state index in [1.807, 2.05) is 36.4 Å². The Kier molecular flexibility index (Phi) is 7.13. The summed E-state index contributed by atoms with van der Waals surface area (Å²) in [4.78, 5) is 30.3. The van der Waals surface area contributed by atoms with E-state index in [4.69, 9.17) is 23.2 Å². The first-order valence-electron chi connectivity index (χ1n) is 9.92. The average molecular weight is 497 g/mol. The van der Waals surface area contributed by atoms with Crippen molar-refractivity contribution in [1.29, 1.82) is 0 Å². The van der Waals surface area contributed by atoms with Crippen molar-refractivity contribution in [1.82, 2.24) is 15.0 Å². The van der Waals surface area contributed by atoms with Crippen molar-refractivity contribution in [2.75, 3.05) is 5.75 Å². The molecule has 0 radical (unpaired) electrons. The lowest BCUT2D eigenvalue weighted by Gasteiger charge is -2.13. The van der Waals surface area contributed by atoms with E-state index in [9.17, 15) is 9.59 Å². The number of amides is 1. The first-order valence-corrected chi connectivity index (χ1v) is 11.7. The van der Waals surface area contributed by atoms with E-state index in [0.717, 1.165) is 11.8 Å². The molecule has 4 rings (SSSR count). The second kappa shape index (κ2) is 10.2. The maximum atomic E-state index is 13.2. The molecule has 0 aliphatic carbocycles. The van der Waals surface area contributed by atoms with Gasteiger partial charge < -0.3 is 0 Å². The molecule has 0 saturated heterocycles. The summed E-state index contributed by atoms with van der Waals surface area (Å²) in [6.07, 6.45) is 0.